The number of rotatable bonds is 19. The zero-order chi connectivity index (χ0) is 65.2. The van der Waals surface area contributed by atoms with Gasteiger partial charge in [-0.15, -0.1) is 0 Å². The molecule has 0 unspecified atom stereocenters. The van der Waals surface area contributed by atoms with Gasteiger partial charge in [-0.2, -0.15) is 4.98 Å². The molecule has 1 aromatic heterocycles. The number of aliphatic hydroxyl groups excluding tert-OH is 2. The number of anilines is 1. The highest BCUT2D eigenvalue weighted by atomic mass is 16.6. The number of amides is 2. The Labute approximate surface area is 523 Å². The Hall–Kier alpha value is -8.94. The number of nitrogens with one attached hydrogen (secondary N) is 2. The van der Waals surface area contributed by atoms with E-state index in [0.29, 0.717) is 11.1 Å². The van der Waals surface area contributed by atoms with Crippen molar-refractivity contribution in [1.82, 2.24) is 14.9 Å². The Morgan fingerprint density at radius 1 is 0.747 bits per heavy atom. The molecule has 24 heteroatoms. The van der Waals surface area contributed by atoms with Gasteiger partial charge in [0.25, 0.3) is 11.8 Å². The second-order valence-electron chi connectivity index (χ2n) is 24.4. The van der Waals surface area contributed by atoms with Gasteiger partial charge in [-0.1, -0.05) is 106 Å². The summed E-state index contributed by atoms with van der Waals surface area (Å²) in [7, 11) is 0. The number of aliphatic hydroxyl groups is 3. The lowest BCUT2D eigenvalue weighted by Gasteiger charge is -2.68. The normalized spacial score (nSPS) is 28.5. The molecule has 10 rings (SSSR count). The molecule has 5 aromatic rings. The number of carbonyl (C=O) groups excluding carboxylic acids is 8. The van der Waals surface area contributed by atoms with Gasteiger partial charge in [-0.25, -0.2) is 14.4 Å². The van der Waals surface area contributed by atoms with Crippen molar-refractivity contribution in [2.45, 2.75) is 152 Å². The van der Waals surface area contributed by atoms with Crippen LogP contribution in [0.25, 0.3) is 0 Å². The van der Waals surface area contributed by atoms with Crippen LogP contribution >= 0.6 is 0 Å². The van der Waals surface area contributed by atoms with Crippen LogP contribution in [-0.2, 0) is 61.9 Å². The Bertz CT molecular complexity index is 3660. The molecular formula is C67H72N4O20. The van der Waals surface area contributed by atoms with Crippen LogP contribution in [-0.4, -0.2) is 146 Å². The third-order valence-electron chi connectivity index (χ3n) is 18.4. The van der Waals surface area contributed by atoms with E-state index < -0.39 is 168 Å². The first-order chi connectivity index (χ1) is 43.3. The Morgan fingerprint density at radius 2 is 1.35 bits per heavy atom. The largest absolute Gasteiger partial charge is 0.463 e. The molecule has 2 aliphatic heterocycles. The fraction of sp³-hybridized carbons (Fsp3) is 0.433. The third-order valence-corrected chi connectivity index (χ3v) is 18.4. The molecule has 2 amide bonds. The number of hydrogen-bond acceptors (Lipinski definition) is 21. The minimum absolute atomic E-state index is 0.0212. The van der Waals surface area contributed by atoms with Crippen molar-refractivity contribution in [3.05, 3.63) is 177 Å². The topological polar surface area (TPSA) is 330 Å². The van der Waals surface area contributed by atoms with Crippen molar-refractivity contribution >= 4 is 53.4 Å². The number of aromatic nitrogens is 2. The zero-order valence-corrected chi connectivity index (χ0v) is 50.9. The first-order valence-corrected chi connectivity index (χ1v) is 30.0. The highest BCUT2D eigenvalue weighted by molar-refractivity contribution is 6.03. The monoisotopic (exact) mass is 1250 g/mol. The quantitative estimate of drug-likeness (QED) is 0.0382. The van der Waals surface area contributed by atoms with Gasteiger partial charge in [-0.3, -0.25) is 33.3 Å². The van der Waals surface area contributed by atoms with E-state index in [1.54, 1.807) is 137 Å². The third kappa shape index (κ3) is 13.0. The average Bonchev–Trinajstić information content (AvgIpc) is 0.912. The lowest BCUT2D eigenvalue weighted by molar-refractivity contribution is -0.349. The number of esters is 6. The van der Waals surface area contributed by atoms with E-state index in [0.717, 1.165) is 11.5 Å². The standard InChI is InChI=1S/C67H72N4O20/c1-37-45(88-62(81)54(77)53(40-19-11-7-12-20-40)70-60(79)42-23-15-9-16-24-42)34-67(83)58(90-61(80)43-25-17-10-18-26-43)56-65(6,31-29-47-66(56,36-85-47)91-39(3)73)57(55(86-38(2)72)52(37)64(67,4)5)89-51(76)28-27-50(75)84-35-46-44(74)33-49(87-46)71-32-30-48(69-63(71)82)68-59(78)41-21-13-8-14-22-41/h7-26,30,32,44-47,49,53-58,74,77,83H,27-29,31,33-36H2,1-6H3,(H,70,79)(H,68,69,78,82)/t44-,45-,46+,47+,49+,53-,54+,55+,56-,57-,58-,65+,66-,67+/m0/s1. The van der Waals surface area contributed by atoms with Crippen molar-refractivity contribution in [3.8, 4) is 0 Å². The summed E-state index contributed by atoms with van der Waals surface area (Å²) in [5.41, 5.74) is -7.19. The smallest absolute Gasteiger partial charge is 0.351 e. The van der Waals surface area contributed by atoms with E-state index in [1.807, 2.05) is 0 Å². The van der Waals surface area contributed by atoms with Crippen LogP contribution in [0.4, 0.5) is 5.82 Å². The molecule has 0 radical (unpaired) electrons. The van der Waals surface area contributed by atoms with Crippen molar-refractivity contribution in [2.24, 2.45) is 16.7 Å². The maximum Gasteiger partial charge on any atom is 0.351 e. The predicted molar refractivity (Wildman–Crippen MR) is 319 cm³/mol. The van der Waals surface area contributed by atoms with Crippen LogP contribution in [0.2, 0.25) is 0 Å². The lowest BCUT2D eigenvalue weighted by atomic mass is 9.45. The van der Waals surface area contributed by atoms with Crippen molar-refractivity contribution in [1.29, 1.82) is 0 Å². The van der Waals surface area contributed by atoms with Gasteiger partial charge >= 0.3 is 41.5 Å². The average molecular weight is 1250 g/mol. The SMILES string of the molecule is CC(=O)O[C@@H]1C2=C(C)[C@@H](OC(=O)[C@H](O)[C@@H](NC(=O)c3ccccc3)c3ccccc3)C[C@@](O)([C@@H](OC(=O)c3ccccc3)[C@H]3[C@@](C)(CC[C@H]4OC[C@]43OC(C)=O)[C@H]1OC(=O)CCC(=O)OC[C@H]1O[C@@H](n3ccc(NC(=O)c4ccccc4)nc3=O)C[C@@H]1O)C2(C)C. The first-order valence-electron chi connectivity index (χ1n) is 30.0. The van der Waals surface area contributed by atoms with Gasteiger partial charge in [0.1, 0.15) is 54.8 Å². The van der Waals surface area contributed by atoms with Gasteiger partial charge in [-0.05, 0) is 78.9 Å². The number of hydrogen-bond donors (Lipinski definition) is 5. The van der Waals surface area contributed by atoms with Crippen LogP contribution in [0.5, 0.6) is 0 Å². The molecule has 4 aromatic carbocycles. The van der Waals surface area contributed by atoms with E-state index in [1.165, 1.54) is 31.3 Å². The van der Waals surface area contributed by atoms with Crippen molar-refractivity contribution < 1.29 is 91.6 Å². The molecule has 2 saturated heterocycles. The van der Waals surface area contributed by atoms with Crippen LogP contribution in [0, 0.1) is 16.7 Å². The molecule has 14 atom stereocenters. The Morgan fingerprint density at radius 3 is 1.95 bits per heavy atom. The summed E-state index contributed by atoms with van der Waals surface area (Å²) < 4.78 is 50.9. The maximum absolute atomic E-state index is 14.8. The molecule has 3 heterocycles. The predicted octanol–water partition coefficient (Wildman–Crippen LogP) is 5.59. The summed E-state index contributed by atoms with van der Waals surface area (Å²) in [5, 5.41) is 42.6. The minimum Gasteiger partial charge on any atom is -0.463 e. The Balaban J connectivity index is 0.964. The zero-order valence-electron chi connectivity index (χ0n) is 50.9. The molecule has 91 heavy (non-hydrogen) atoms. The number of fused-ring (bicyclic) bond motifs is 5. The van der Waals surface area contributed by atoms with Crippen molar-refractivity contribution in [3.63, 3.8) is 0 Å². The molecule has 5 aliphatic rings. The molecule has 0 spiro atoms. The van der Waals surface area contributed by atoms with Gasteiger partial charge in [0.05, 0.1) is 43.1 Å². The number of ether oxygens (including phenoxy) is 8. The van der Waals surface area contributed by atoms with Crippen molar-refractivity contribution in [2.75, 3.05) is 18.5 Å². The minimum atomic E-state index is -2.42. The first kappa shape index (κ1) is 65.0. The summed E-state index contributed by atoms with van der Waals surface area (Å²) in [6.07, 6.45) is -13.6. The van der Waals surface area contributed by atoms with Gasteiger partial charge in [0.2, 0.25) is 0 Å². The lowest BCUT2D eigenvalue weighted by Crippen LogP contribution is -2.80. The highest BCUT2D eigenvalue weighted by Gasteiger charge is 2.77. The molecule has 24 nitrogen and oxygen atoms in total. The summed E-state index contributed by atoms with van der Waals surface area (Å²) in [4.78, 5) is 129. The van der Waals surface area contributed by atoms with Crippen LogP contribution in [0.1, 0.15) is 129 Å². The summed E-state index contributed by atoms with van der Waals surface area (Å²) in [6, 6.07) is 32.4. The second-order valence-corrected chi connectivity index (χ2v) is 24.4. The molecule has 2 saturated carbocycles. The summed E-state index contributed by atoms with van der Waals surface area (Å²) in [6.45, 7) is 7.85. The van der Waals surface area contributed by atoms with E-state index in [9.17, 15) is 58.5 Å². The summed E-state index contributed by atoms with van der Waals surface area (Å²) >= 11 is 0. The maximum atomic E-state index is 14.8. The van der Waals surface area contributed by atoms with E-state index >= 15 is 0 Å². The molecule has 3 aliphatic carbocycles. The Kier molecular flexibility index (Phi) is 18.9. The molecule has 5 N–H and O–H groups in total. The van der Waals surface area contributed by atoms with Crippen LogP contribution in [0.15, 0.2) is 150 Å². The number of nitrogens with zero attached hydrogens (tertiary/aromatic N) is 2. The summed E-state index contributed by atoms with van der Waals surface area (Å²) in [5.74, 6) is -8.41. The van der Waals surface area contributed by atoms with Crippen LogP contribution < -0.4 is 16.3 Å². The molecular weight excluding hydrogens is 1180 g/mol. The number of benzene rings is 4. The van der Waals surface area contributed by atoms with E-state index in [-0.39, 0.29) is 54.0 Å². The fourth-order valence-corrected chi connectivity index (χ4v) is 13.8. The molecule has 2 bridgehead atoms. The second kappa shape index (κ2) is 26.5. The van der Waals surface area contributed by atoms with Gasteiger partial charge < -0.3 is 63.8 Å². The van der Waals surface area contributed by atoms with Gasteiger partial charge in [0, 0.05) is 54.8 Å². The van der Waals surface area contributed by atoms with E-state index in [4.69, 9.17) is 37.9 Å². The number of carbonyl (C=O) groups is 8. The highest BCUT2D eigenvalue weighted by Crippen LogP contribution is 2.66. The van der Waals surface area contributed by atoms with E-state index in [2.05, 4.69) is 15.6 Å². The molecule has 480 valence electrons. The fourth-order valence-electron chi connectivity index (χ4n) is 13.8. The molecule has 4 fully saturated rings. The van der Waals surface area contributed by atoms with Gasteiger partial charge in [0.15, 0.2) is 17.8 Å². The van der Waals surface area contributed by atoms with Crippen LogP contribution in [0.3, 0.4) is 0 Å².